The van der Waals surface area contributed by atoms with Gasteiger partial charge >= 0.3 is 6.03 Å². The van der Waals surface area contributed by atoms with Crippen LogP contribution in [0.15, 0.2) is 46.9 Å². The number of benzene rings is 2. The molecule has 2 aromatic carbocycles. The number of methoxy groups -OCH3 is 1. The van der Waals surface area contributed by atoms with Gasteiger partial charge in [0.1, 0.15) is 11.6 Å². The molecular formula is C18H20BrFN2O2. The van der Waals surface area contributed by atoms with E-state index in [1.54, 1.807) is 31.2 Å². The van der Waals surface area contributed by atoms with E-state index in [1.165, 1.54) is 6.07 Å². The topological polar surface area (TPSA) is 41.6 Å². The number of ether oxygens (including phenoxy) is 1. The van der Waals surface area contributed by atoms with Crippen LogP contribution in [0.1, 0.15) is 11.1 Å². The molecule has 0 fully saturated rings. The highest BCUT2D eigenvalue weighted by atomic mass is 79.9. The molecule has 128 valence electrons. The number of carbonyl (C=O) groups excluding carboxylic acids is 1. The number of rotatable bonds is 6. The van der Waals surface area contributed by atoms with E-state index in [0.29, 0.717) is 25.1 Å². The molecule has 6 heteroatoms. The van der Waals surface area contributed by atoms with Crippen molar-refractivity contribution in [2.24, 2.45) is 0 Å². The molecule has 4 nitrogen and oxygen atoms in total. The number of hydrogen-bond donors (Lipinski definition) is 1. The molecule has 0 aromatic heterocycles. The fraction of sp³-hybridized carbons (Fsp3) is 0.278. The van der Waals surface area contributed by atoms with Crippen LogP contribution >= 0.6 is 15.9 Å². The molecule has 0 aliphatic heterocycles. The zero-order valence-electron chi connectivity index (χ0n) is 13.7. The van der Waals surface area contributed by atoms with Gasteiger partial charge in [0, 0.05) is 24.6 Å². The van der Waals surface area contributed by atoms with Crippen molar-refractivity contribution in [2.45, 2.75) is 13.0 Å². The van der Waals surface area contributed by atoms with Crippen molar-refractivity contribution in [2.75, 3.05) is 20.7 Å². The van der Waals surface area contributed by atoms with E-state index in [9.17, 15) is 9.18 Å². The summed E-state index contributed by atoms with van der Waals surface area (Å²) in [6, 6.07) is 12.1. The van der Waals surface area contributed by atoms with Gasteiger partial charge in [0.25, 0.3) is 0 Å². The van der Waals surface area contributed by atoms with Gasteiger partial charge in [-0.25, -0.2) is 9.18 Å². The smallest absolute Gasteiger partial charge is 0.317 e. The summed E-state index contributed by atoms with van der Waals surface area (Å²) in [5.74, 6) is 0.515. The Kier molecular flexibility index (Phi) is 6.61. The molecule has 0 bridgehead atoms. The van der Waals surface area contributed by atoms with Crippen LogP contribution in [-0.2, 0) is 13.0 Å². The summed E-state index contributed by atoms with van der Waals surface area (Å²) in [6.07, 6.45) is 0.438. The Morgan fingerprint density at radius 3 is 2.62 bits per heavy atom. The number of nitrogens with one attached hydrogen (secondary N) is 1. The summed E-state index contributed by atoms with van der Waals surface area (Å²) in [6.45, 7) is 0.861. The zero-order valence-corrected chi connectivity index (χ0v) is 15.3. The van der Waals surface area contributed by atoms with Crippen molar-refractivity contribution in [3.63, 3.8) is 0 Å². The summed E-state index contributed by atoms with van der Waals surface area (Å²) in [5, 5.41) is 2.80. The molecule has 2 aromatic rings. The van der Waals surface area contributed by atoms with Crippen LogP contribution in [0.2, 0.25) is 0 Å². The van der Waals surface area contributed by atoms with Crippen molar-refractivity contribution in [3.8, 4) is 5.75 Å². The molecule has 0 saturated carbocycles. The lowest BCUT2D eigenvalue weighted by atomic mass is 10.1. The van der Waals surface area contributed by atoms with Gasteiger partial charge in [-0.3, -0.25) is 0 Å². The molecule has 0 aliphatic rings. The minimum atomic E-state index is -0.265. The Labute approximate surface area is 149 Å². The van der Waals surface area contributed by atoms with Crippen molar-refractivity contribution in [3.05, 3.63) is 63.9 Å². The highest BCUT2D eigenvalue weighted by molar-refractivity contribution is 9.10. The third kappa shape index (κ3) is 5.23. The van der Waals surface area contributed by atoms with Crippen molar-refractivity contribution < 1.29 is 13.9 Å². The van der Waals surface area contributed by atoms with Gasteiger partial charge in [-0.2, -0.15) is 0 Å². The molecule has 2 amide bonds. The highest BCUT2D eigenvalue weighted by Gasteiger charge is 2.09. The standard InChI is InChI=1S/C18H20BrFN2O2/c1-22(12-13-3-6-16(24-2)7-4-13)18(23)21-10-9-14-11-15(19)5-8-17(14)20/h3-8,11H,9-10,12H2,1-2H3,(H,21,23). The number of carbonyl (C=O) groups is 1. The van der Waals surface area contributed by atoms with Crippen molar-refractivity contribution >= 4 is 22.0 Å². The monoisotopic (exact) mass is 394 g/mol. The maximum Gasteiger partial charge on any atom is 0.317 e. The molecule has 0 spiro atoms. The minimum absolute atomic E-state index is 0.193. The predicted molar refractivity (Wildman–Crippen MR) is 95.7 cm³/mol. The van der Waals surface area contributed by atoms with Crippen LogP contribution < -0.4 is 10.1 Å². The summed E-state index contributed by atoms with van der Waals surface area (Å²) in [5.41, 5.74) is 1.58. The second-order valence-electron chi connectivity index (χ2n) is 5.42. The fourth-order valence-electron chi connectivity index (χ4n) is 2.25. The Balaban J connectivity index is 1.81. The Morgan fingerprint density at radius 1 is 1.25 bits per heavy atom. The van der Waals surface area contributed by atoms with E-state index in [0.717, 1.165) is 15.8 Å². The maximum atomic E-state index is 13.6. The summed E-state index contributed by atoms with van der Waals surface area (Å²) in [4.78, 5) is 13.7. The molecule has 0 atom stereocenters. The molecule has 0 aliphatic carbocycles. The average molecular weight is 395 g/mol. The first-order valence-electron chi connectivity index (χ1n) is 7.55. The quantitative estimate of drug-likeness (QED) is 0.804. The van der Waals surface area contributed by atoms with Crippen molar-refractivity contribution in [1.29, 1.82) is 0 Å². The predicted octanol–water partition coefficient (Wildman–Crippen LogP) is 3.98. The minimum Gasteiger partial charge on any atom is -0.497 e. The van der Waals surface area contributed by atoms with Gasteiger partial charge in [-0.15, -0.1) is 0 Å². The Bertz CT molecular complexity index is 692. The molecular weight excluding hydrogens is 375 g/mol. The van der Waals surface area contributed by atoms with E-state index in [2.05, 4.69) is 21.2 Å². The van der Waals surface area contributed by atoms with E-state index >= 15 is 0 Å². The van der Waals surface area contributed by atoms with Crippen LogP contribution in [-0.4, -0.2) is 31.6 Å². The lowest BCUT2D eigenvalue weighted by Crippen LogP contribution is -2.37. The molecule has 0 heterocycles. The van der Waals surface area contributed by atoms with E-state index in [4.69, 9.17) is 4.74 Å². The van der Waals surface area contributed by atoms with Crippen molar-refractivity contribution in [1.82, 2.24) is 10.2 Å². The normalized spacial score (nSPS) is 10.3. The third-order valence-corrected chi connectivity index (χ3v) is 4.10. The first-order valence-corrected chi connectivity index (χ1v) is 8.34. The van der Waals surface area contributed by atoms with Crippen LogP contribution in [0.4, 0.5) is 9.18 Å². The average Bonchev–Trinajstić information content (AvgIpc) is 2.58. The lowest BCUT2D eigenvalue weighted by molar-refractivity contribution is 0.207. The molecule has 0 unspecified atom stereocenters. The second-order valence-corrected chi connectivity index (χ2v) is 6.34. The fourth-order valence-corrected chi connectivity index (χ4v) is 2.66. The summed E-state index contributed by atoms with van der Waals surface area (Å²) < 4.78 is 19.6. The van der Waals surface area contributed by atoms with Gasteiger partial charge in [-0.1, -0.05) is 28.1 Å². The number of urea groups is 1. The second kappa shape index (κ2) is 8.68. The Hall–Kier alpha value is -2.08. The molecule has 24 heavy (non-hydrogen) atoms. The molecule has 2 rings (SSSR count). The third-order valence-electron chi connectivity index (χ3n) is 3.60. The van der Waals surface area contributed by atoms with E-state index in [-0.39, 0.29) is 11.8 Å². The van der Waals surface area contributed by atoms with Gasteiger partial charge in [0.15, 0.2) is 0 Å². The van der Waals surface area contributed by atoms with Crippen LogP contribution in [0.25, 0.3) is 0 Å². The van der Waals surface area contributed by atoms with Crippen LogP contribution in [0.3, 0.4) is 0 Å². The van der Waals surface area contributed by atoms with Crippen LogP contribution in [0.5, 0.6) is 5.75 Å². The van der Waals surface area contributed by atoms with Crippen LogP contribution in [0, 0.1) is 5.82 Å². The number of nitrogens with zero attached hydrogens (tertiary/aromatic N) is 1. The zero-order chi connectivity index (χ0) is 17.5. The van der Waals surface area contributed by atoms with Gasteiger partial charge in [0.2, 0.25) is 0 Å². The first kappa shape index (κ1) is 18.3. The molecule has 0 saturated heterocycles. The summed E-state index contributed by atoms with van der Waals surface area (Å²) >= 11 is 3.32. The molecule has 0 radical (unpaired) electrons. The number of hydrogen-bond acceptors (Lipinski definition) is 2. The number of amides is 2. The highest BCUT2D eigenvalue weighted by Crippen LogP contribution is 2.16. The molecule has 1 N–H and O–H groups in total. The van der Waals surface area contributed by atoms with Gasteiger partial charge in [-0.05, 0) is 47.9 Å². The largest absolute Gasteiger partial charge is 0.497 e. The maximum absolute atomic E-state index is 13.6. The lowest BCUT2D eigenvalue weighted by Gasteiger charge is -2.18. The number of halogens is 2. The first-order chi connectivity index (χ1) is 11.5. The van der Waals surface area contributed by atoms with E-state index < -0.39 is 0 Å². The Morgan fingerprint density at radius 2 is 1.96 bits per heavy atom. The van der Waals surface area contributed by atoms with Gasteiger partial charge in [0.05, 0.1) is 7.11 Å². The summed E-state index contributed by atoms with van der Waals surface area (Å²) in [7, 11) is 3.34. The SMILES string of the molecule is COc1ccc(CN(C)C(=O)NCCc2cc(Br)ccc2F)cc1. The van der Waals surface area contributed by atoms with Gasteiger partial charge < -0.3 is 15.0 Å². The van der Waals surface area contributed by atoms with E-state index in [1.807, 2.05) is 24.3 Å².